The standard InChI is InChI=1S/C24H29Cl2N3O4/c1-3-33-24(32)20-21(16-6-4-5-7-19(16)27(2)23(20)31)28-10-12-29(13-11-28)22(30)15-8-9-17(25)18(26)14-15/h8-9,14,16,19H,3-7,10-13H2,1-2H3. The Morgan fingerprint density at radius 2 is 1.76 bits per heavy atom. The zero-order chi connectivity index (χ0) is 23.7. The van der Waals surface area contributed by atoms with Crippen molar-refractivity contribution in [1.82, 2.24) is 14.7 Å². The highest BCUT2D eigenvalue weighted by Crippen LogP contribution is 2.41. The number of likely N-dealkylation sites (N-methyl/N-ethyl adjacent to an activating group) is 1. The Labute approximate surface area is 204 Å². The lowest BCUT2D eigenvalue weighted by Gasteiger charge is -2.48. The van der Waals surface area contributed by atoms with Crippen LogP contribution in [0.5, 0.6) is 0 Å². The number of carbonyl (C=O) groups is 3. The maximum absolute atomic E-state index is 13.2. The summed E-state index contributed by atoms with van der Waals surface area (Å²) in [6.07, 6.45) is 4.01. The third kappa shape index (κ3) is 4.58. The molecule has 0 radical (unpaired) electrons. The number of esters is 1. The van der Waals surface area contributed by atoms with Gasteiger partial charge in [-0.25, -0.2) is 4.79 Å². The van der Waals surface area contributed by atoms with Gasteiger partial charge in [-0.15, -0.1) is 0 Å². The first-order valence-corrected chi connectivity index (χ1v) is 12.3. The number of benzene rings is 1. The van der Waals surface area contributed by atoms with Crippen molar-refractivity contribution in [2.24, 2.45) is 5.92 Å². The third-order valence-corrected chi connectivity index (χ3v) is 7.66. The van der Waals surface area contributed by atoms with E-state index in [9.17, 15) is 14.4 Å². The highest BCUT2D eigenvalue weighted by Gasteiger charge is 2.46. The molecule has 2 heterocycles. The van der Waals surface area contributed by atoms with Crippen molar-refractivity contribution in [1.29, 1.82) is 0 Å². The summed E-state index contributed by atoms with van der Waals surface area (Å²) >= 11 is 12.1. The lowest BCUT2D eigenvalue weighted by atomic mass is 9.76. The molecule has 0 N–H and O–H groups in total. The van der Waals surface area contributed by atoms with Gasteiger partial charge in [0.15, 0.2) is 0 Å². The van der Waals surface area contributed by atoms with Gasteiger partial charge in [0.2, 0.25) is 0 Å². The van der Waals surface area contributed by atoms with Gasteiger partial charge in [-0.3, -0.25) is 9.59 Å². The fourth-order valence-electron chi connectivity index (χ4n) is 5.27. The first kappa shape index (κ1) is 23.9. The Morgan fingerprint density at radius 1 is 1.06 bits per heavy atom. The molecular formula is C24H29Cl2N3O4. The number of rotatable bonds is 4. The van der Waals surface area contributed by atoms with Gasteiger partial charge in [-0.2, -0.15) is 0 Å². The second kappa shape index (κ2) is 9.94. The highest BCUT2D eigenvalue weighted by atomic mass is 35.5. The van der Waals surface area contributed by atoms with Crippen LogP contribution in [0.15, 0.2) is 29.5 Å². The van der Waals surface area contributed by atoms with Gasteiger partial charge in [0.05, 0.1) is 16.7 Å². The van der Waals surface area contributed by atoms with E-state index in [2.05, 4.69) is 4.90 Å². The zero-order valence-corrected chi connectivity index (χ0v) is 20.5. The topological polar surface area (TPSA) is 70.2 Å². The summed E-state index contributed by atoms with van der Waals surface area (Å²) < 4.78 is 5.28. The van der Waals surface area contributed by atoms with Gasteiger partial charge in [0, 0.05) is 56.4 Å². The molecule has 33 heavy (non-hydrogen) atoms. The van der Waals surface area contributed by atoms with Gasteiger partial charge in [0.25, 0.3) is 11.8 Å². The van der Waals surface area contributed by atoms with Gasteiger partial charge in [-0.05, 0) is 38.0 Å². The van der Waals surface area contributed by atoms with Crippen molar-refractivity contribution in [3.8, 4) is 0 Å². The molecule has 0 spiro atoms. The van der Waals surface area contributed by atoms with Crippen LogP contribution in [0.4, 0.5) is 0 Å². The third-order valence-electron chi connectivity index (χ3n) is 6.92. The van der Waals surface area contributed by atoms with E-state index in [1.54, 1.807) is 42.0 Å². The lowest BCUT2D eigenvalue weighted by molar-refractivity contribution is -0.144. The summed E-state index contributed by atoms with van der Waals surface area (Å²) in [4.78, 5) is 44.7. The summed E-state index contributed by atoms with van der Waals surface area (Å²) in [6.45, 7) is 4.02. The van der Waals surface area contributed by atoms with Crippen LogP contribution in [0.2, 0.25) is 10.0 Å². The molecule has 1 aromatic rings. The van der Waals surface area contributed by atoms with E-state index >= 15 is 0 Å². The van der Waals surface area contributed by atoms with E-state index in [-0.39, 0.29) is 36.0 Å². The number of hydrogen-bond acceptors (Lipinski definition) is 5. The summed E-state index contributed by atoms with van der Waals surface area (Å²) in [6, 6.07) is 4.97. The molecule has 1 saturated heterocycles. The average molecular weight is 494 g/mol. The Bertz CT molecular complexity index is 988. The van der Waals surface area contributed by atoms with E-state index in [0.29, 0.717) is 41.8 Å². The van der Waals surface area contributed by atoms with Gasteiger partial charge < -0.3 is 19.4 Å². The molecule has 1 saturated carbocycles. The van der Waals surface area contributed by atoms with Crippen LogP contribution in [0, 0.1) is 5.92 Å². The lowest BCUT2D eigenvalue weighted by Crippen LogP contribution is -2.56. The number of amides is 2. The number of hydrogen-bond donors (Lipinski definition) is 0. The van der Waals surface area contributed by atoms with E-state index < -0.39 is 5.97 Å². The molecule has 7 nitrogen and oxygen atoms in total. The predicted octanol–water partition coefficient (Wildman–Crippen LogP) is 3.60. The molecule has 2 aliphatic heterocycles. The van der Waals surface area contributed by atoms with Crippen molar-refractivity contribution >= 4 is 41.0 Å². The van der Waals surface area contributed by atoms with Crippen molar-refractivity contribution in [2.45, 2.75) is 38.6 Å². The molecule has 2 atom stereocenters. The number of ether oxygens (including phenoxy) is 1. The number of halogens is 2. The maximum atomic E-state index is 13.2. The predicted molar refractivity (Wildman–Crippen MR) is 126 cm³/mol. The summed E-state index contributed by atoms with van der Waals surface area (Å²) in [7, 11) is 1.79. The van der Waals surface area contributed by atoms with E-state index in [1.807, 2.05) is 0 Å². The van der Waals surface area contributed by atoms with Crippen molar-refractivity contribution in [3.05, 3.63) is 45.1 Å². The molecule has 1 aromatic carbocycles. The van der Waals surface area contributed by atoms with Crippen LogP contribution in [-0.4, -0.2) is 78.4 Å². The monoisotopic (exact) mass is 493 g/mol. The summed E-state index contributed by atoms with van der Waals surface area (Å²) in [5.74, 6) is -0.815. The largest absolute Gasteiger partial charge is 0.462 e. The number of carbonyl (C=O) groups excluding carboxylic acids is 3. The molecule has 2 amide bonds. The fraction of sp³-hybridized carbons (Fsp3) is 0.542. The Morgan fingerprint density at radius 3 is 2.42 bits per heavy atom. The second-order valence-corrected chi connectivity index (χ2v) is 9.58. The van der Waals surface area contributed by atoms with E-state index in [1.165, 1.54) is 0 Å². The molecule has 178 valence electrons. The Balaban J connectivity index is 1.58. The van der Waals surface area contributed by atoms with E-state index in [0.717, 1.165) is 31.4 Å². The molecule has 2 unspecified atom stereocenters. The first-order chi connectivity index (χ1) is 15.8. The number of nitrogens with zero attached hydrogens (tertiary/aromatic N) is 3. The Kier molecular flexibility index (Phi) is 7.19. The first-order valence-electron chi connectivity index (χ1n) is 11.5. The molecule has 3 aliphatic rings. The minimum Gasteiger partial charge on any atom is -0.462 e. The van der Waals surface area contributed by atoms with Gasteiger partial charge in [0.1, 0.15) is 5.57 Å². The van der Waals surface area contributed by atoms with Crippen LogP contribution in [-0.2, 0) is 14.3 Å². The van der Waals surface area contributed by atoms with Crippen LogP contribution >= 0.6 is 23.2 Å². The molecule has 0 aromatic heterocycles. The molecule has 4 rings (SSSR count). The maximum Gasteiger partial charge on any atom is 0.345 e. The van der Waals surface area contributed by atoms with Crippen LogP contribution < -0.4 is 0 Å². The quantitative estimate of drug-likeness (QED) is 0.473. The molecule has 0 bridgehead atoms. The summed E-state index contributed by atoms with van der Waals surface area (Å²) in [5.41, 5.74) is 1.46. The SMILES string of the molecule is CCOC(=O)C1=C(N2CCN(C(=O)c3ccc(Cl)c(Cl)c3)CC2)C2CCCCC2N(C)C1=O. The van der Waals surface area contributed by atoms with Gasteiger partial charge >= 0.3 is 5.97 Å². The molecule has 2 fully saturated rings. The van der Waals surface area contributed by atoms with E-state index in [4.69, 9.17) is 27.9 Å². The fourth-order valence-corrected chi connectivity index (χ4v) is 5.56. The zero-order valence-electron chi connectivity index (χ0n) is 19.0. The average Bonchev–Trinajstić information content (AvgIpc) is 2.82. The second-order valence-electron chi connectivity index (χ2n) is 8.76. The van der Waals surface area contributed by atoms with Crippen LogP contribution in [0.25, 0.3) is 0 Å². The van der Waals surface area contributed by atoms with Crippen LogP contribution in [0.3, 0.4) is 0 Å². The normalized spacial score (nSPS) is 23.5. The molecule has 1 aliphatic carbocycles. The molecule has 9 heteroatoms. The van der Waals surface area contributed by atoms with Crippen LogP contribution in [0.1, 0.15) is 43.0 Å². The molecular weight excluding hydrogens is 465 g/mol. The summed E-state index contributed by atoms with van der Waals surface area (Å²) in [5, 5.41) is 0.754. The smallest absolute Gasteiger partial charge is 0.345 e. The minimum atomic E-state index is -0.553. The highest BCUT2D eigenvalue weighted by molar-refractivity contribution is 6.42. The van der Waals surface area contributed by atoms with Crippen molar-refractivity contribution in [3.63, 3.8) is 0 Å². The Hall–Kier alpha value is -2.25. The van der Waals surface area contributed by atoms with Crippen molar-refractivity contribution in [2.75, 3.05) is 39.8 Å². The number of fused-ring (bicyclic) bond motifs is 1. The number of piperazine rings is 1. The van der Waals surface area contributed by atoms with Crippen molar-refractivity contribution < 1.29 is 19.1 Å². The minimum absolute atomic E-state index is 0.0929. The van der Waals surface area contributed by atoms with Gasteiger partial charge in [-0.1, -0.05) is 36.0 Å².